The lowest BCUT2D eigenvalue weighted by Gasteiger charge is -2.32. The first-order valence-corrected chi connectivity index (χ1v) is 7.80. The van der Waals surface area contributed by atoms with Gasteiger partial charge in [0, 0.05) is 23.1 Å². The number of ketones is 2. The van der Waals surface area contributed by atoms with E-state index in [9.17, 15) is 19.8 Å². The molecule has 2 aliphatic rings. The number of ether oxygens (including phenoxy) is 1. The number of fused-ring (bicyclic) bond motifs is 2. The van der Waals surface area contributed by atoms with Gasteiger partial charge in [0.05, 0.1) is 23.3 Å². The number of Topliss-reactive ketones (excluding diaryl/α,β-unsaturated/α-hetero) is 1. The van der Waals surface area contributed by atoms with Crippen molar-refractivity contribution in [3.05, 3.63) is 33.9 Å². The smallest absolute Gasteiger partial charge is 0.194 e. The molecule has 2 N–H and O–H groups in total. The van der Waals surface area contributed by atoms with Crippen LogP contribution in [0.2, 0.25) is 0 Å². The Morgan fingerprint density at radius 1 is 1.13 bits per heavy atom. The quantitative estimate of drug-likeness (QED) is 0.778. The molecule has 0 radical (unpaired) electrons. The number of phenolic OH excluding ortho intramolecular Hbond substituents is 2. The fraction of sp³-hybridized carbons (Fsp3) is 0.444. The first-order valence-electron chi connectivity index (χ1n) is 7.80. The van der Waals surface area contributed by atoms with Crippen molar-refractivity contribution in [1.82, 2.24) is 0 Å². The van der Waals surface area contributed by atoms with Crippen molar-refractivity contribution in [3.63, 3.8) is 0 Å². The second kappa shape index (κ2) is 5.20. The largest absolute Gasteiger partial charge is 0.507 e. The number of allylic oxidation sites excluding steroid dienone is 2. The van der Waals surface area contributed by atoms with E-state index in [1.165, 1.54) is 6.08 Å². The van der Waals surface area contributed by atoms with E-state index >= 15 is 0 Å². The summed E-state index contributed by atoms with van der Waals surface area (Å²) in [5, 5.41) is 21.2. The SMILES string of the molecule is CC1Cc2c(O)c3c(c(O)c2C(C)O1)C(=O)C(C(C)C)=CC3=O. The van der Waals surface area contributed by atoms with Crippen LogP contribution in [-0.4, -0.2) is 27.9 Å². The van der Waals surface area contributed by atoms with Crippen molar-refractivity contribution < 1.29 is 24.5 Å². The van der Waals surface area contributed by atoms with Gasteiger partial charge in [0.2, 0.25) is 0 Å². The third kappa shape index (κ3) is 2.18. The molecule has 2 unspecified atom stereocenters. The molecule has 1 aromatic rings. The summed E-state index contributed by atoms with van der Waals surface area (Å²) in [5.41, 5.74) is 1.06. The molecule has 0 bridgehead atoms. The van der Waals surface area contributed by atoms with Gasteiger partial charge in [-0.1, -0.05) is 13.8 Å². The highest BCUT2D eigenvalue weighted by Gasteiger charge is 2.38. The van der Waals surface area contributed by atoms with Crippen molar-refractivity contribution in [2.45, 2.75) is 46.3 Å². The summed E-state index contributed by atoms with van der Waals surface area (Å²) >= 11 is 0. The molecule has 0 saturated heterocycles. The highest BCUT2D eigenvalue weighted by atomic mass is 16.5. The zero-order valence-electron chi connectivity index (χ0n) is 13.6. The fourth-order valence-electron chi connectivity index (χ4n) is 3.50. The minimum absolute atomic E-state index is 0.0862. The molecule has 0 fully saturated rings. The molecule has 1 aliphatic carbocycles. The molecule has 0 aromatic heterocycles. The molecule has 5 nitrogen and oxygen atoms in total. The van der Waals surface area contributed by atoms with Gasteiger partial charge in [-0.15, -0.1) is 0 Å². The minimum atomic E-state index is -0.457. The maximum atomic E-state index is 12.7. The average Bonchev–Trinajstić information content (AvgIpc) is 2.45. The topological polar surface area (TPSA) is 83.8 Å². The van der Waals surface area contributed by atoms with Crippen LogP contribution in [0.25, 0.3) is 0 Å². The summed E-state index contributed by atoms with van der Waals surface area (Å²) < 4.78 is 5.69. The highest BCUT2D eigenvalue weighted by molar-refractivity contribution is 6.27. The number of benzene rings is 1. The molecule has 3 rings (SSSR count). The third-order valence-corrected chi connectivity index (χ3v) is 4.57. The predicted molar refractivity (Wildman–Crippen MR) is 84.0 cm³/mol. The highest BCUT2D eigenvalue weighted by Crippen LogP contribution is 2.47. The van der Waals surface area contributed by atoms with Crippen LogP contribution in [0.1, 0.15) is 65.6 Å². The number of hydrogen-bond acceptors (Lipinski definition) is 5. The van der Waals surface area contributed by atoms with Gasteiger partial charge in [0.25, 0.3) is 0 Å². The number of rotatable bonds is 1. The summed E-state index contributed by atoms with van der Waals surface area (Å²) in [6, 6.07) is 0. The van der Waals surface area contributed by atoms with Crippen molar-refractivity contribution in [1.29, 1.82) is 0 Å². The van der Waals surface area contributed by atoms with E-state index in [0.717, 1.165) is 0 Å². The predicted octanol–water partition coefficient (Wildman–Crippen LogP) is 3.08. The number of hydrogen-bond donors (Lipinski definition) is 2. The molecule has 0 saturated carbocycles. The Morgan fingerprint density at radius 3 is 2.39 bits per heavy atom. The number of carbonyl (C=O) groups excluding carboxylic acids is 2. The van der Waals surface area contributed by atoms with Crippen LogP contribution in [0.4, 0.5) is 0 Å². The monoisotopic (exact) mass is 316 g/mol. The van der Waals surface area contributed by atoms with Gasteiger partial charge < -0.3 is 14.9 Å². The van der Waals surface area contributed by atoms with Crippen LogP contribution in [0.15, 0.2) is 11.6 Å². The van der Waals surface area contributed by atoms with Crippen LogP contribution in [0.5, 0.6) is 11.5 Å². The van der Waals surface area contributed by atoms with Crippen molar-refractivity contribution in [3.8, 4) is 11.5 Å². The van der Waals surface area contributed by atoms with Crippen molar-refractivity contribution >= 4 is 11.6 Å². The molecular formula is C18H20O5. The van der Waals surface area contributed by atoms with Gasteiger partial charge in [-0.2, -0.15) is 0 Å². The van der Waals surface area contributed by atoms with Gasteiger partial charge in [-0.25, -0.2) is 0 Å². The Bertz CT molecular complexity index is 757. The van der Waals surface area contributed by atoms with Gasteiger partial charge >= 0.3 is 0 Å². The summed E-state index contributed by atoms with van der Waals surface area (Å²) in [7, 11) is 0. The molecule has 122 valence electrons. The van der Waals surface area contributed by atoms with E-state index in [4.69, 9.17) is 4.74 Å². The van der Waals surface area contributed by atoms with E-state index in [1.54, 1.807) is 6.92 Å². The Morgan fingerprint density at radius 2 is 1.78 bits per heavy atom. The lowest BCUT2D eigenvalue weighted by Crippen LogP contribution is -2.26. The first-order chi connectivity index (χ1) is 10.7. The molecule has 1 heterocycles. The van der Waals surface area contributed by atoms with E-state index < -0.39 is 17.7 Å². The van der Waals surface area contributed by atoms with Crippen LogP contribution >= 0.6 is 0 Å². The number of phenols is 2. The van der Waals surface area contributed by atoms with E-state index in [0.29, 0.717) is 23.1 Å². The van der Waals surface area contributed by atoms with E-state index in [1.807, 2.05) is 20.8 Å². The molecule has 1 aromatic carbocycles. The van der Waals surface area contributed by atoms with E-state index in [-0.39, 0.29) is 34.6 Å². The molecule has 2 atom stereocenters. The molecule has 5 heteroatoms. The number of carbonyl (C=O) groups is 2. The summed E-state index contributed by atoms with van der Waals surface area (Å²) in [6.45, 7) is 7.24. The standard InChI is InChI=1S/C18H20O5/c1-7(2)10-6-12(19)14-15(16(10)20)18(22)13-9(4)23-8(3)5-11(13)17(14)21/h6-9,21-22H,5H2,1-4H3. The van der Waals surface area contributed by atoms with Crippen LogP contribution in [0, 0.1) is 5.92 Å². The average molecular weight is 316 g/mol. The second-order valence-corrected chi connectivity index (χ2v) is 6.58. The normalized spacial score (nSPS) is 23.6. The lowest BCUT2D eigenvalue weighted by atomic mass is 9.79. The molecule has 1 aliphatic heterocycles. The summed E-state index contributed by atoms with van der Waals surface area (Å²) in [6.07, 6.45) is 1.06. The zero-order chi connectivity index (χ0) is 17.0. The Hall–Kier alpha value is -2.14. The van der Waals surface area contributed by atoms with Crippen molar-refractivity contribution in [2.24, 2.45) is 5.92 Å². The lowest BCUT2D eigenvalue weighted by molar-refractivity contribution is -0.00677. The molecule has 0 amide bonds. The Balaban J connectivity index is 2.32. The van der Waals surface area contributed by atoms with Crippen LogP contribution < -0.4 is 0 Å². The fourth-order valence-corrected chi connectivity index (χ4v) is 3.50. The van der Waals surface area contributed by atoms with Gasteiger partial charge in [-0.3, -0.25) is 9.59 Å². The Kier molecular flexibility index (Phi) is 3.56. The second-order valence-electron chi connectivity index (χ2n) is 6.58. The molecular weight excluding hydrogens is 296 g/mol. The molecule has 0 spiro atoms. The van der Waals surface area contributed by atoms with Gasteiger partial charge in [-0.05, 0) is 25.8 Å². The third-order valence-electron chi connectivity index (χ3n) is 4.57. The summed E-state index contributed by atoms with van der Waals surface area (Å²) in [4.78, 5) is 25.1. The first kappa shape index (κ1) is 15.7. The summed E-state index contributed by atoms with van der Waals surface area (Å²) in [5.74, 6) is -1.43. The van der Waals surface area contributed by atoms with Crippen LogP contribution in [-0.2, 0) is 11.2 Å². The maximum Gasteiger partial charge on any atom is 0.194 e. The van der Waals surface area contributed by atoms with E-state index in [2.05, 4.69) is 0 Å². The minimum Gasteiger partial charge on any atom is -0.507 e. The van der Waals surface area contributed by atoms with Gasteiger partial charge in [0.15, 0.2) is 11.6 Å². The number of aromatic hydroxyl groups is 2. The van der Waals surface area contributed by atoms with Crippen molar-refractivity contribution in [2.75, 3.05) is 0 Å². The van der Waals surface area contributed by atoms with Crippen LogP contribution in [0.3, 0.4) is 0 Å². The van der Waals surface area contributed by atoms with Gasteiger partial charge in [0.1, 0.15) is 11.5 Å². The molecule has 23 heavy (non-hydrogen) atoms. The zero-order valence-corrected chi connectivity index (χ0v) is 13.6. The maximum absolute atomic E-state index is 12.7. The Labute approximate surface area is 134 Å².